The lowest BCUT2D eigenvalue weighted by molar-refractivity contribution is -0.122. The zero-order valence-electron chi connectivity index (χ0n) is 18.6. The molecular weight excluding hydrogens is 476 g/mol. The summed E-state index contributed by atoms with van der Waals surface area (Å²) in [4.78, 5) is 27.8. The molecule has 0 saturated carbocycles. The van der Waals surface area contributed by atoms with Gasteiger partial charge in [-0.25, -0.2) is 4.90 Å². The van der Waals surface area contributed by atoms with Crippen molar-refractivity contribution in [1.82, 2.24) is 0 Å². The Morgan fingerprint density at radius 3 is 1.88 bits per heavy atom. The highest BCUT2D eigenvalue weighted by molar-refractivity contribution is 7.78. The van der Waals surface area contributed by atoms with Gasteiger partial charge in [-0.15, -0.1) is 0 Å². The van der Waals surface area contributed by atoms with Crippen LogP contribution in [0, 0.1) is 26.7 Å². The Morgan fingerprint density at radius 2 is 1.39 bits per heavy atom. The Labute approximate surface area is 203 Å². The van der Waals surface area contributed by atoms with E-state index in [1.807, 2.05) is 32.9 Å². The van der Waals surface area contributed by atoms with Crippen LogP contribution in [0.2, 0.25) is 10.0 Å². The predicted molar refractivity (Wildman–Crippen MR) is 136 cm³/mol. The molecule has 0 aromatic heterocycles. The topological polar surface area (TPSA) is 54.5 Å². The summed E-state index contributed by atoms with van der Waals surface area (Å²) in [6.07, 6.45) is 0.0371. The quantitative estimate of drug-likeness (QED) is 0.328. The summed E-state index contributed by atoms with van der Waals surface area (Å²) < 4.78 is 14.6. The van der Waals surface area contributed by atoms with Crippen LogP contribution < -0.4 is 15.5 Å². The van der Waals surface area contributed by atoms with Crippen LogP contribution in [0.25, 0.3) is 0 Å². The summed E-state index contributed by atoms with van der Waals surface area (Å²) >= 11 is 12.4. The molecule has 1 fully saturated rings. The van der Waals surface area contributed by atoms with Crippen molar-refractivity contribution in [3.63, 3.8) is 0 Å². The minimum Gasteiger partial charge on any atom is -0.314 e. The molecule has 1 saturated heterocycles. The van der Waals surface area contributed by atoms with Gasteiger partial charge in [0.15, 0.2) is 0 Å². The first-order chi connectivity index (χ1) is 15.6. The molecule has 0 spiro atoms. The lowest BCUT2D eigenvalue weighted by Gasteiger charge is -2.23. The van der Waals surface area contributed by atoms with Gasteiger partial charge in [0.2, 0.25) is 11.8 Å². The van der Waals surface area contributed by atoms with E-state index in [2.05, 4.69) is 0 Å². The van der Waals surface area contributed by atoms with Gasteiger partial charge in [-0.2, -0.15) is 0 Å². The molecular formula is C26H24Cl2NO3P. The minimum absolute atomic E-state index is 0.0106. The molecule has 1 atom stereocenters. The molecule has 0 bridgehead atoms. The van der Waals surface area contributed by atoms with Gasteiger partial charge in [-0.05, 0) is 56.2 Å². The van der Waals surface area contributed by atoms with Crippen LogP contribution in [-0.2, 0) is 14.2 Å². The van der Waals surface area contributed by atoms with Gasteiger partial charge in [0, 0.05) is 33.2 Å². The number of benzene rings is 3. The molecule has 1 aliphatic heterocycles. The van der Waals surface area contributed by atoms with E-state index in [4.69, 9.17) is 23.2 Å². The molecule has 1 aliphatic rings. The van der Waals surface area contributed by atoms with E-state index in [0.717, 1.165) is 16.7 Å². The number of carbonyl (C=O) groups excluding carboxylic acids is 2. The number of hydrogen-bond donors (Lipinski definition) is 0. The van der Waals surface area contributed by atoms with Gasteiger partial charge in [0.1, 0.15) is 7.14 Å². The fourth-order valence-corrected chi connectivity index (χ4v) is 8.18. The second-order valence-corrected chi connectivity index (χ2v) is 12.3. The second kappa shape index (κ2) is 9.10. The number of hydrogen-bond acceptors (Lipinski definition) is 3. The van der Waals surface area contributed by atoms with Crippen molar-refractivity contribution in [2.24, 2.45) is 5.92 Å². The van der Waals surface area contributed by atoms with Crippen LogP contribution in [0.15, 0.2) is 60.7 Å². The third kappa shape index (κ3) is 4.53. The highest BCUT2D eigenvalue weighted by atomic mass is 35.5. The lowest BCUT2D eigenvalue weighted by Crippen LogP contribution is -2.33. The van der Waals surface area contributed by atoms with Crippen molar-refractivity contribution in [3.05, 3.63) is 87.4 Å². The number of amides is 2. The number of anilines is 1. The molecule has 0 aliphatic carbocycles. The molecule has 170 valence electrons. The van der Waals surface area contributed by atoms with Gasteiger partial charge in [0.05, 0.1) is 11.6 Å². The van der Waals surface area contributed by atoms with Crippen molar-refractivity contribution in [3.8, 4) is 0 Å². The fourth-order valence-electron chi connectivity index (χ4n) is 4.67. The zero-order valence-corrected chi connectivity index (χ0v) is 21.0. The summed E-state index contributed by atoms with van der Waals surface area (Å²) in [6, 6.07) is 17.6. The minimum atomic E-state index is -3.31. The van der Waals surface area contributed by atoms with Crippen molar-refractivity contribution < 1.29 is 14.2 Å². The third-order valence-electron chi connectivity index (χ3n) is 6.03. The summed E-state index contributed by atoms with van der Waals surface area (Å²) in [5.74, 6) is -1.30. The summed E-state index contributed by atoms with van der Waals surface area (Å²) in [5.41, 5.74) is 3.42. The predicted octanol–water partition coefficient (Wildman–Crippen LogP) is 5.81. The van der Waals surface area contributed by atoms with Gasteiger partial charge >= 0.3 is 0 Å². The molecule has 4 rings (SSSR count). The smallest absolute Gasteiger partial charge is 0.237 e. The van der Waals surface area contributed by atoms with E-state index < -0.39 is 13.1 Å². The summed E-state index contributed by atoms with van der Waals surface area (Å²) in [5, 5.41) is 1.99. The Kier molecular flexibility index (Phi) is 6.55. The van der Waals surface area contributed by atoms with Crippen LogP contribution in [0.3, 0.4) is 0 Å². The van der Waals surface area contributed by atoms with Gasteiger partial charge in [-0.1, -0.05) is 65.2 Å². The molecule has 1 heterocycles. The lowest BCUT2D eigenvalue weighted by atomic mass is 10.0. The van der Waals surface area contributed by atoms with Crippen LogP contribution in [0.4, 0.5) is 5.69 Å². The number of imide groups is 1. The molecule has 3 aromatic rings. The largest absolute Gasteiger partial charge is 0.314 e. The Bertz CT molecular complexity index is 1250. The summed E-state index contributed by atoms with van der Waals surface area (Å²) in [7, 11) is -3.31. The van der Waals surface area contributed by atoms with Gasteiger partial charge < -0.3 is 4.57 Å². The number of aryl methyl sites for hydroxylation is 3. The Balaban J connectivity index is 1.76. The molecule has 7 heteroatoms. The third-order valence-corrected chi connectivity index (χ3v) is 9.68. The molecule has 2 amide bonds. The SMILES string of the molecule is Cc1cc(C)c(N2C(=O)C[C@H](CP(=O)(c3cccc(Cl)c3)c3cccc(Cl)c3)C2=O)c(C)c1. The number of nitrogens with zero attached hydrogens (tertiary/aromatic N) is 1. The summed E-state index contributed by atoms with van der Waals surface area (Å²) in [6.45, 7) is 5.77. The van der Waals surface area contributed by atoms with E-state index in [1.165, 1.54) is 4.90 Å². The maximum absolute atomic E-state index is 14.6. The monoisotopic (exact) mass is 499 g/mol. The van der Waals surface area contributed by atoms with Crippen molar-refractivity contribution in [2.75, 3.05) is 11.1 Å². The standard InChI is InChI=1S/C26H24Cl2NO3P/c1-16-10-17(2)25(18(3)11-16)29-24(30)12-19(26(29)31)15-33(32,22-8-4-6-20(27)13-22)23-9-5-7-21(28)14-23/h4-11,13-14,19H,12,15H2,1-3H3/t19-/m1/s1. The van der Waals surface area contributed by atoms with Crippen LogP contribution >= 0.6 is 30.3 Å². The van der Waals surface area contributed by atoms with Crippen LogP contribution in [0.5, 0.6) is 0 Å². The second-order valence-electron chi connectivity index (χ2n) is 8.60. The van der Waals surface area contributed by atoms with Gasteiger partial charge in [0.25, 0.3) is 0 Å². The molecule has 33 heavy (non-hydrogen) atoms. The first kappa shape index (κ1) is 23.8. The fraction of sp³-hybridized carbons (Fsp3) is 0.231. The highest BCUT2D eigenvalue weighted by Gasteiger charge is 2.44. The van der Waals surface area contributed by atoms with Crippen molar-refractivity contribution in [1.29, 1.82) is 0 Å². The first-order valence-electron chi connectivity index (χ1n) is 10.7. The van der Waals surface area contributed by atoms with E-state index in [9.17, 15) is 14.2 Å². The average Bonchev–Trinajstić information content (AvgIpc) is 3.00. The maximum Gasteiger partial charge on any atom is 0.237 e. The van der Waals surface area contributed by atoms with Crippen LogP contribution in [0.1, 0.15) is 23.1 Å². The highest BCUT2D eigenvalue weighted by Crippen LogP contribution is 2.48. The van der Waals surface area contributed by atoms with E-state index in [0.29, 0.717) is 26.3 Å². The van der Waals surface area contributed by atoms with E-state index >= 15 is 0 Å². The Morgan fingerprint density at radius 1 is 0.879 bits per heavy atom. The molecule has 0 unspecified atom stereocenters. The van der Waals surface area contributed by atoms with E-state index in [-0.39, 0.29) is 24.4 Å². The van der Waals surface area contributed by atoms with Crippen molar-refractivity contribution in [2.45, 2.75) is 27.2 Å². The normalized spacial score (nSPS) is 16.5. The number of carbonyl (C=O) groups is 2. The molecule has 4 nitrogen and oxygen atoms in total. The number of halogens is 2. The maximum atomic E-state index is 14.6. The Hall–Kier alpha value is -2.39. The first-order valence-corrected chi connectivity index (χ1v) is 13.3. The molecule has 0 radical (unpaired) electrons. The average molecular weight is 500 g/mol. The van der Waals surface area contributed by atoms with E-state index in [1.54, 1.807) is 48.5 Å². The van der Waals surface area contributed by atoms with Crippen molar-refractivity contribution >= 4 is 58.5 Å². The van der Waals surface area contributed by atoms with Crippen LogP contribution in [-0.4, -0.2) is 18.0 Å². The molecule has 3 aromatic carbocycles. The van der Waals surface area contributed by atoms with Gasteiger partial charge in [-0.3, -0.25) is 9.59 Å². The number of rotatable bonds is 5. The molecule has 0 N–H and O–H groups in total. The zero-order chi connectivity index (χ0) is 23.9.